The van der Waals surface area contributed by atoms with Crippen molar-refractivity contribution in [3.63, 3.8) is 0 Å². The first-order valence-electron chi connectivity index (χ1n) is 5.67. The average Bonchev–Trinajstić information content (AvgIpc) is 2.96. The Morgan fingerprint density at radius 2 is 2.26 bits per heavy atom. The van der Waals surface area contributed by atoms with E-state index in [9.17, 15) is 8.42 Å². The fraction of sp³-hybridized carbons (Fsp3) is 0.400. The van der Waals surface area contributed by atoms with Crippen molar-refractivity contribution in [1.29, 1.82) is 0 Å². The Bertz CT molecular complexity index is 618. The predicted molar refractivity (Wildman–Crippen MR) is 73.5 cm³/mol. The summed E-state index contributed by atoms with van der Waals surface area (Å²) in [6.07, 6.45) is 1.46. The van der Waals surface area contributed by atoms with Crippen LogP contribution in [0.3, 0.4) is 0 Å². The lowest BCUT2D eigenvalue weighted by Crippen LogP contribution is -2.21. The maximum Gasteiger partial charge on any atom is 0.265 e. The summed E-state index contributed by atoms with van der Waals surface area (Å²) < 4.78 is 26.4. The first kappa shape index (κ1) is 14.0. The minimum atomic E-state index is -3.60. The second-order valence-corrected chi connectivity index (χ2v) is 6.76. The lowest BCUT2D eigenvalue weighted by molar-refractivity contribution is 0.582. The average molecular weight is 301 g/mol. The molecule has 104 valence electrons. The SMILES string of the molecule is CC(C)NCc1cc(S(=O)(=O)Nc2nncs2)c[nH]1. The molecule has 0 aliphatic rings. The van der Waals surface area contributed by atoms with E-state index >= 15 is 0 Å². The van der Waals surface area contributed by atoms with E-state index in [0.29, 0.717) is 12.6 Å². The summed E-state index contributed by atoms with van der Waals surface area (Å²) in [7, 11) is -3.60. The molecule has 0 atom stereocenters. The van der Waals surface area contributed by atoms with Gasteiger partial charge in [-0.1, -0.05) is 25.2 Å². The van der Waals surface area contributed by atoms with Crippen LogP contribution >= 0.6 is 11.3 Å². The summed E-state index contributed by atoms with van der Waals surface area (Å²) in [5.74, 6) is 0. The van der Waals surface area contributed by atoms with Crippen LogP contribution in [-0.4, -0.2) is 29.6 Å². The number of anilines is 1. The molecule has 19 heavy (non-hydrogen) atoms. The fourth-order valence-electron chi connectivity index (χ4n) is 1.38. The van der Waals surface area contributed by atoms with E-state index in [1.807, 2.05) is 13.8 Å². The van der Waals surface area contributed by atoms with Crippen LogP contribution in [0.1, 0.15) is 19.5 Å². The van der Waals surface area contributed by atoms with Crippen LogP contribution in [0.25, 0.3) is 0 Å². The van der Waals surface area contributed by atoms with E-state index in [-0.39, 0.29) is 10.0 Å². The number of nitrogens with zero attached hydrogens (tertiary/aromatic N) is 2. The van der Waals surface area contributed by atoms with Gasteiger partial charge in [0, 0.05) is 24.5 Å². The second-order valence-electron chi connectivity index (χ2n) is 4.25. The van der Waals surface area contributed by atoms with Gasteiger partial charge in [0.25, 0.3) is 10.0 Å². The van der Waals surface area contributed by atoms with E-state index in [4.69, 9.17) is 0 Å². The molecule has 0 fully saturated rings. The largest absolute Gasteiger partial charge is 0.363 e. The van der Waals surface area contributed by atoms with Crippen molar-refractivity contribution < 1.29 is 8.42 Å². The molecule has 2 aromatic heterocycles. The minimum absolute atomic E-state index is 0.184. The van der Waals surface area contributed by atoms with Crippen LogP contribution in [0.4, 0.5) is 5.13 Å². The highest BCUT2D eigenvalue weighted by molar-refractivity contribution is 7.93. The standard InChI is InChI=1S/C10H15N5O2S2/c1-7(2)11-4-8-3-9(5-12-8)19(16,17)15-10-14-13-6-18-10/h3,5-7,11-12H,4H2,1-2H3,(H,14,15). The van der Waals surface area contributed by atoms with Crippen molar-refractivity contribution >= 4 is 26.5 Å². The van der Waals surface area contributed by atoms with Crippen molar-refractivity contribution in [2.75, 3.05) is 4.72 Å². The van der Waals surface area contributed by atoms with E-state index < -0.39 is 10.0 Å². The molecule has 0 aliphatic heterocycles. The Hall–Kier alpha value is -1.45. The van der Waals surface area contributed by atoms with Crippen LogP contribution in [0.15, 0.2) is 22.7 Å². The van der Waals surface area contributed by atoms with Crippen LogP contribution in [-0.2, 0) is 16.6 Å². The third-order valence-electron chi connectivity index (χ3n) is 2.31. The summed E-state index contributed by atoms with van der Waals surface area (Å²) in [5.41, 5.74) is 2.28. The summed E-state index contributed by atoms with van der Waals surface area (Å²) in [6.45, 7) is 4.64. The van der Waals surface area contributed by atoms with Crippen molar-refractivity contribution in [3.05, 3.63) is 23.5 Å². The van der Waals surface area contributed by atoms with E-state index in [0.717, 1.165) is 17.0 Å². The third kappa shape index (κ3) is 3.75. The number of aromatic nitrogens is 3. The Balaban J connectivity index is 2.08. The second kappa shape index (κ2) is 5.68. The number of nitrogens with one attached hydrogen (secondary N) is 3. The monoisotopic (exact) mass is 301 g/mol. The number of aromatic amines is 1. The molecule has 2 rings (SSSR count). The molecule has 3 N–H and O–H groups in total. The fourth-order valence-corrected chi connectivity index (χ4v) is 3.09. The van der Waals surface area contributed by atoms with Crippen LogP contribution in [0.5, 0.6) is 0 Å². The first-order chi connectivity index (χ1) is 8.97. The van der Waals surface area contributed by atoms with Gasteiger partial charge in [0.05, 0.1) is 0 Å². The zero-order valence-electron chi connectivity index (χ0n) is 10.5. The molecule has 0 saturated heterocycles. The van der Waals surface area contributed by atoms with Gasteiger partial charge in [-0.2, -0.15) is 0 Å². The Kier molecular flexibility index (Phi) is 4.17. The van der Waals surface area contributed by atoms with E-state index in [1.54, 1.807) is 6.07 Å². The maximum atomic E-state index is 12.0. The molecule has 2 heterocycles. The molecule has 9 heteroatoms. The smallest absolute Gasteiger partial charge is 0.265 e. The Morgan fingerprint density at radius 1 is 1.47 bits per heavy atom. The normalized spacial score (nSPS) is 11.9. The molecule has 0 radical (unpaired) electrons. The predicted octanol–water partition coefficient (Wildman–Crippen LogP) is 1.16. The molecule has 7 nitrogen and oxygen atoms in total. The number of hydrogen-bond acceptors (Lipinski definition) is 6. The van der Waals surface area contributed by atoms with Crippen LogP contribution in [0.2, 0.25) is 0 Å². The number of hydrogen-bond donors (Lipinski definition) is 3. The Morgan fingerprint density at radius 3 is 2.89 bits per heavy atom. The number of H-pyrrole nitrogens is 1. The summed E-state index contributed by atoms with van der Waals surface area (Å²) in [6, 6.07) is 1.93. The molecule has 0 bridgehead atoms. The first-order valence-corrected chi connectivity index (χ1v) is 8.03. The van der Waals surface area contributed by atoms with E-state index in [1.165, 1.54) is 11.7 Å². The van der Waals surface area contributed by atoms with Gasteiger partial charge in [-0.25, -0.2) is 8.42 Å². The summed E-state index contributed by atoms with van der Waals surface area (Å²) in [5, 5.41) is 10.7. The molecular weight excluding hydrogens is 286 g/mol. The lowest BCUT2D eigenvalue weighted by atomic mass is 10.3. The topological polar surface area (TPSA) is 99.8 Å². The van der Waals surface area contributed by atoms with Gasteiger partial charge in [0.1, 0.15) is 10.4 Å². The maximum absolute atomic E-state index is 12.0. The quantitative estimate of drug-likeness (QED) is 0.743. The van der Waals surface area contributed by atoms with Gasteiger partial charge in [0.2, 0.25) is 5.13 Å². The highest BCUT2D eigenvalue weighted by Gasteiger charge is 2.17. The Labute approximate surface area is 115 Å². The van der Waals surface area contributed by atoms with Gasteiger partial charge in [-0.3, -0.25) is 4.72 Å². The van der Waals surface area contributed by atoms with Crippen molar-refractivity contribution in [2.45, 2.75) is 31.3 Å². The third-order valence-corrected chi connectivity index (χ3v) is 4.36. The molecule has 0 spiro atoms. The molecule has 0 aromatic carbocycles. The zero-order chi connectivity index (χ0) is 13.9. The summed E-state index contributed by atoms with van der Waals surface area (Å²) in [4.78, 5) is 3.12. The highest BCUT2D eigenvalue weighted by Crippen LogP contribution is 2.17. The molecule has 2 aromatic rings. The molecule has 0 saturated carbocycles. The van der Waals surface area contributed by atoms with Gasteiger partial charge in [-0.15, -0.1) is 10.2 Å². The van der Waals surface area contributed by atoms with Gasteiger partial charge in [-0.05, 0) is 6.07 Å². The lowest BCUT2D eigenvalue weighted by Gasteiger charge is -2.05. The number of rotatable bonds is 6. The van der Waals surface area contributed by atoms with Crippen LogP contribution < -0.4 is 10.0 Å². The van der Waals surface area contributed by atoms with Crippen molar-refractivity contribution in [2.24, 2.45) is 0 Å². The minimum Gasteiger partial charge on any atom is -0.363 e. The molecule has 0 unspecified atom stereocenters. The number of sulfonamides is 1. The van der Waals surface area contributed by atoms with Gasteiger partial charge in [0.15, 0.2) is 0 Å². The highest BCUT2D eigenvalue weighted by atomic mass is 32.2. The van der Waals surface area contributed by atoms with Crippen molar-refractivity contribution in [3.8, 4) is 0 Å². The van der Waals surface area contributed by atoms with Crippen molar-refractivity contribution in [1.82, 2.24) is 20.5 Å². The van der Waals surface area contributed by atoms with Gasteiger partial charge >= 0.3 is 0 Å². The van der Waals surface area contributed by atoms with Crippen LogP contribution in [0, 0.1) is 0 Å². The molecule has 0 aliphatic carbocycles. The molecule has 0 amide bonds. The zero-order valence-corrected chi connectivity index (χ0v) is 12.2. The van der Waals surface area contributed by atoms with Gasteiger partial charge < -0.3 is 10.3 Å². The van der Waals surface area contributed by atoms with E-state index in [2.05, 4.69) is 25.2 Å². The summed E-state index contributed by atoms with van der Waals surface area (Å²) >= 11 is 1.13. The molecular formula is C10H15N5O2S2.